The molecule has 3 aromatic rings. The first-order valence-electron chi connectivity index (χ1n) is 5.01. The van der Waals surface area contributed by atoms with Crippen molar-refractivity contribution in [3.8, 4) is 11.4 Å². The zero-order valence-electron chi connectivity index (χ0n) is 8.68. The van der Waals surface area contributed by atoms with Gasteiger partial charge in [-0.05, 0) is 12.1 Å². The van der Waals surface area contributed by atoms with Gasteiger partial charge >= 0.3 is 5.97 Å². The van der Waals surface area contributed by atoms with Gasteiger partial charge in [0.1, 0.15) is 0 Å². The van der Waals surface area contributed by atoms with E-state index >= 15 is 0 Å². The van der Waals surface area contributed by atoms with Crippen molar-refractivity contribution in [3.63, 3.8) is 0 Å². The standard InChI is InChI=1S/C12H8N2O2S/c15-12(16)11-14-10(6-17-11)9-5-7-3-1-2-4-8(7)13-9/h1-6,13H,(H,15,16). The van der Waals surface area contributed by atoms with Crippen LogP contribution in [0.3, 0.4) is 0 Å². The van der Waals surface area contributed by atoms with Crippen molar-refractivity contribution in [2.75, 3.05) is 0 Å². The molecular weight excluding hydrogens is 236 g/mol. The molecule has 0 aliphatic carbocycles. The molecule has 0 aliphatic rings. The van der Waals surface area contributed by atoms with Crippen LogP contribution in [-0.4, -0.2) is 21.0 Å². The van der Waals surface area contributed by atoms with E-state index in [0.717, 1.165) is 27.9 Å². The number of hydrogen-bond donors (Lipinski definition) is 2. The van der Waals surface area contributed by atoms with E-state index in [1.165, 1.54) is 0 Å². The molecule has 0 saturated heterocycles. The number of aromatic amines is 1. The van der Waals surface area contributed by atoms with Gasteiger partial charge in [-0.3, -0.25) is 0 Å². The predicted molar refractivity (Wildman–Crippen MR) is 66.4 cm³/mol. The van der Waals surface area contributed by atoms with Crippen LogP contribution in [0, 0.1) is 0 Å². The topological polar surface area (TPSA) is 66.0 Å². The van der Waals surface area contributed by atoms with Gasteiger partial charge < -0.3 is 10.1 Å². The minimum Gasteiger partial charge on any atom is -0.476 e. The van der Waals surface area contributed by atoms with Gasteiger partial charge in [-0.15, -0.1) is 11.3 Å². The van der Waals surface area contributed by atoms with E-state index in [0.29, 0.717) is 5.69 Å². The number of carbonyl (C=O) groups is 1. The number of aromatic nitrogens is 2. The summed E-state index contributed by atoms with van der Waals surface area (Å²) in [4.78, 5) is 18.0. The Balaban J connectivity index is 2.10. The monoisotopic (exact) mass is 244 g/mol. The number of carboxylic acids is 1. The van der Waals surface area contributed by atoms with E-state index in [1.807, 2.05) is 30.3 Å². The van der Waals surface area contributed by atoms with E-state index in [1.54, 1.807) is 5.38 Å². The SMILES string of the molecule is O=C(O)c1nc(-c2cc3ccccc3[nH]2)cs1. The normalized spacial score (nSPS) is 10.8. The lowest BCUT2D eigenvalue weighted by Gasteiger charge is -1.88. The first-order chi connectivity index (χ1) is 8.24. The fourth-order valence-electron chi connectivity index (χ4n) is 1.71. The summed E-state index contributed by atoms with van der Waals surface area (Å²) >= 11 is 1.13. The summed E-state index contributed by atoms with van der Waals surface area (Å²) < 4.78 is 0. The second-order valence-electron chi connectivity index (χ2n) is 3.61. The number of H-pyrrole nitrogens is 1. The molecule has 0 radical (unpaired) electrons. The van der Waals surface area contributed by atoms with Crippen LogP contribution in [0.2, 0.25) is 0 Å². The molecule has 4 nitrogen and oxygen atoms in total. The Morgan fingerprint density at radius 3 is 2.88 bits per heavy atom. The number of hydrogen-bond acceptors (Lipinski definition) is 3. The quantitative estimate of drug-likeness (QED) is 0.728. The lowest BCUT2D eigenvalue weighted by atomic mass is 10.2. The number of rotatable bonds is 2. The van der Waals surface area contributed by atoms with E-state index in [4.69, 9.17) is 5.11 Å². The number of thiazole rings is 1. The Bertz CT molecular complexity index is 666. The van der Waals surface area contributed by atoms with Gasteiger partial charge in [-0.25, -0.2) is 9.78 Å². The van der Waals surface area contributed by atoms with Crippen molar-refractivity contribution in [1.82, 2.24) is 9.97 Å². The summed E-state index contributed by atoms with van der Waals surface area (Å²) in [7, 11) is 0. The largest absolute Gasteiger partial charge is 0.476 e. The molecule has 0 aliphatic heterocycles. The van der Waals surface area contributed by atoms with Gasteiger partial charge in [0.25, 0.3) is 0 Å². The molecule has 0 bridgehead atoms. The number of para-hydroxylation sites is 1. The van der Waals surface area contributed by atoms with Crippen LogP contribution >= 0.6 is 11.3 Å². The molecule has 2 aromatic heterocycles. The molecule has 84 valence electrons. The van der Waals surface area contributed by atoms with Crippen LogP contribution in [0.5, 0.6) is 0 Å². The first kappa shape index (κ1) is 10.0. The summed E-state index contributed by atoms with van der Waals surface area (Å²) in [5.41, 5.74) is 2.53. The van der Waals surface area contributed by atoms with Gasteiger partial charge in [0.15, 0.2) is 0 Å². The lowest BCUT2D eigenvalue weighted by molar-refractivity contribution is 0.0696. The van der Waals surface area contributed by atoms with Crippen LogP contribution in [0.4, 0.5) is 0 Å². The fraction of sp³-hybridized carbons (Fsp3) is 0. The average molecular weight is 244 g/mol. The highest BCUT2D eigenvalue weighted by Gasteiger charge is 2.11. The maximum atomic E-state index is 10.8. The zero-order chi connectivity index (χ0) is 11.8. The van der Waals surface area contributed by atoms with E-state index in [9.17, 15) is 4.79 Å². The number of fused-ring (bicyclic) bond motifs is 1. The molecule has 5 heteroatoms. The molecule has 0 amide bonds. The molecule has 1 aromatic carbocycles. The summed E-state index contributed by atoms with van der Waals surface area (Å²) in [6.45, 7) is 0. The number of aromatic carboxylic acids is 1. The number of benzene rings is 1. The molecule has 0 atom stereocenters. The molecule has 3 rings (SSSR count). The molecule has 0 saturated carbocycles. The Morgan fingerprint density at radius 2 is 2.18 bits per heavy atom. The Morgan fingerprint density at radius 1 is 1.35 bits per heavy atom. The zero-order valence-corrected chi connectivity index (χ0v) is 9.49. The van der Waals surface area contributed by atoms with E-state index in [2.05, 4.69) is 9.97 Å². The molecule has 17 heavy (non-hydrogen) atoms. The maximum absolute atomic E-state index is 10.8. The molecule has 0 fully saturated rings. The minimum absolute atomic E-state index is 0.110. The van der Waals surface area contributed by atoms with Crippen molar-refractivity contribution in [3.05, 3.63) is 40.7 Å². The van der Waals surface area contributed by atoms with Crippen molar-refractivity contribution < 1.29 is 9.90 Å². The second kappa shape index (κ2) is 3.71. The maximum Gasteiger partial charge on any atom is 0.365 e. The Labute approximate surface area is 101 Å². The van der Waals surface area contributed by atoms with E-state index < -0.39 is 5.97 Å². The lowest BCUT2D eigenvalue weighted by Crippen LogP contribution is -1.94. The highest BCUT2D eigenvalue weighted by Crippen LogP contribution is 2.25. The molecular formula is C12H8N2O2S. The highest BCUT2D eigenvalue weighted by atomic mass is 32.1. The van der Waals surface area contributed by atoms with Crippen LogP contribution in [0.25, 0.3) is 22.3 Å². The molecule has 0 spiro atoms. The minimum atomic E-state index is -0.989. The summed E-state index contributed by atoms with van der Waals surface area (Å²) in [6.07, 6.45) is 0. The van der Waals surface area contributed by atoms with Gasteiger partial charge in [0.05, 0.1) is 11.4 Å². The highest BCUT2D eigenvalue weighted by molar-refractivity contribution is 7.11. The van der Waals surface area contributed by atoms with Crippen molar-refractivity contribution in [1.29, 1.82) is 0 Å². The Hall–Kier alpha value is -2.14. The predicted octanol–water partition coefficient (Wildman–Crippen LogP) is 2.99. The third kappa shape index (κ3) is 1.70. The summed E-state index contributed by atoms with van der Waals surface area (Å²) in [5, 5.41) is 11.8. The molecule has 0 unspecified atom stereocenters. The van der Waals surface area contributed by atoms with E-state index in [-0.39, 0.29) is 5.01 Å². The number of nitrogens with zero attached hydrogens (tertiary/aromatic N) is 1. The smallest absolute Gasteiger partial charge is 0.365 e. The van der Waals surface area contributed by atoms with Gasteiger partial charge in [-0.1, -0.05) is 18.2 Å². The third-order valence-electron chi connectivity index (χ3n) is 2.49. The number of carboxylic acid groups (broad SMARTS) is 1. The van der Waals surface area contributed by atoms with Crippen LogP contribution in [-0.2, 0) is 0 Å². The van der Waals surface area contributed by atoms with Gasteiger partial charge in [0.2, 0.25) is 5.01 Å². The molecule has 2 N–H and O–H groups in total. The van der Waals surface area contributed by atoms with Crippen LogP contribution in [0.15, 0.2) is 35.7 Å². The van der Waals surface area contributed by atoms with Crippen LogP contribution < -0.4 is 0 Å². The van der Waals surface area contributed by atoms with Crippen molar-refractivity contribution in [2.45, 2.75) is 0 Å². The third-order valence-corrected chi connectivity index (χ3v) is 3.32. The first-order valence-corrected chi connectivity index (χ1v) is 5.89. The summed E-state index contributed by atoms with van der Waals surface area (Å²) in [6, 6.07) is 9.86. The summed E-state index contributed by atoms with van der Waals surface area (Å²) in [5.74, 6) is -0.989. The fourth-order valence-corrected chi connectivity index (χ4v) is 2.36. The van der Waals surface area contributed by atoms with Crippen molar-refractivity contribution in [2.24, 2.45) is 0 Å². The molecule has 2 heterocycles. The van der Waals surface area contributed by atoms with Gasteiger partial charge in [-0.2, -0.15) is 0 Å². The second-order valence-corrected chi connectivity index (χ2v) is 4.47. The van der Waals surface area contributed by atoms with Crippen molar-refractivity contribution >= 4 is 28.2 Å². The number of nitrogens with one attached hydrogen (secondary N) is 1. The Kier molecular flexibility index (Phi) is 2.19. The van der Waals surface area contributed by atoms with Crippen LogP contribution in [0.1, 0.15) is 9.80 Å². The average Bonchev–Trinajstić information content (AvgIpc) is 2.95. The van der Waals surface area contributed by atoms with Gasteiger partial charge in [0, 0.05) is 16.3 Å².